The fourth-order valence-corrected chi connectivity index (χ4v) is 3.30. The van der Waals surface area contributed by atoms with Crippen LogP contribution < -0.4 is 16.6 Å². The van der Waals surface area contributed by atoms with Crippen LogP contribution in [0.4, 0.5) is 0 Å². The monoisotopic (exact) mass is 481 g/mol. The van der Waals surface area contributed by atoms with E-state index in [1.54, 1.807) is 55.8 Å². The zero-order valence-electron chi connectivity index (χ0n) is 19.9. The number of fused-ring (bicyclic) bond motifs is 1. The van der Waals surface area contributed by atoms with Gasteiger partial charge < -0.3 is 10.4 Å². The molecule has 0 unspecified atom stereocenters. The van der Waals surface area contributed by atoms with Gasteiger partial charge in [-0.25, -0.2) is 4.98 Å². The molecule has 0 saturated heterocycles. The minimum Gasteiger partial charge on any atom is -0.396 e. The van der Waals surface area contributed by atoms with Crippen LogP contribution in [0.15, 0.2) is 73.1 Å². The number of carbonyl (C=O) groups excluding carboxylic acids is 2. The van der Waals surface area contributed by atoms with Gasteiger partial charge in [0.25, 0.3) is 5.91 Å². The topological polar surface area (TPSA) is 130 Å². The van der Waals surface area contributed by atoms with E-state index in [0.717, 1.165) is 33.9 Å². The molecule has 2 aromatic heterocycles. The largest absolute Gasteiger partial charge is 0.396 e. The lowest BCUT2D eigenvalue weighted by atomic mass is 10.0. The fraction of sp³-hybridized carbons (Fsp3) is 0.143. The maximum Gasteiger partial charge on any atom is 0.251 e. The summed E-state index contributed by atoms with van der Waals surface area (Å²) in [5.74, 6) is 10.6. The van der Waals surface area contributed by atoms with Gasteiger partial charge in [0.05, 0.1) is 11.2 Å². The van der Waals surface area contributed by atoms with Gasteiger partial charge >= 0.3 is 0 Å². The minimum atomic E-state index is -0.171. The van der Waals surface area contributed by atoms with Crippen LogP contribution in [0, 0.1) is 11.8 Å². The Labute approximate surface area is 209 Å². The molecule has 0 radical (unpaired) electrons. The van der Waals surface area contributed by atoms with Crippen molar-refractivity contribution in [2.45, 2.75) is 6.42 Å². The molecule has 0 aliphatic carbocycles. The molecule has 4 aromatic rings. The smallest absolute Gasteiger partial charge is 0.251 e. The van der Waals surface area contributed by atoms with Crippen LogP contribution in [0.2, 0.25) is 0 Å². The lowest BCUT2D eigenvalue weighted by molar-refractivity contribution is 0.0951. The molecule has 0 aliphatic heterocycles. The molecular weight excluding hydrogens is 454 g/mol. The summed E-state index contributed by atoms with van der Waals surface area (Å²) in [6.45, 7) is 0.487. The summed E-state index contributed by atoms with van der Waals surface area (Å²) in [5.41, 5.74) is 7.31. The summed E-state index contributed by atoms with van der Waals surface area (Å²) >= 11 is 0. The first-order chi connectivity index (χ1) is 17.6. The number of hydrogen-bond acceptors (Lipinski definition) is 7. The molecule has 0 aliphatic rings. The molecule has 0 saturated carbocycles. The van der Waals surface area contributed by atoms with Crippen molar-refractivity contribution in [3.63, 3.8) is 0 Å². The van der Waals surface area contributed by atoms with E-state index in [2.05, 4.69) is 38.4 Å². The van der Waals surface area contributed by atoms with E-state index in [-0.39, 0.29) is 12.5 Å². The molecule has 2 heterocycles. The average Bonchev–Trinajstić information content (AvgIpc) is 2.92. The normalized spacial score (nSPS) is 9.97. The molecule has 0 fully saturated rings. The molecule has 36 heavy (non-hydrogen) atoms. The van der Waals surface area contributed by atoms with Crippen molar-refractivity contribution in [1.29, 1.82) is 0 Å². The van der Waals surface area contributed by atoms with E-state index < -0.39 is 0 Å². The molecule has 182 valence electrons. The van der Waals surface area contributed by atoms with E-state index in [0.29, 0.717) is 29.8 Å². The van der Waals surface area contributed by atoms with Gasteiger partial charge in [0, 0.05) is 58.7 Å². The Morgan fingerprint density at radius 3 is 2.31 bits per heavy atom. The number of nitrogens with zero attached hydrogens (tertiary/aromatic N) is 2. The summed E-state index contributed by atoms with van der Waals surface area (Å²) < 4.78 is 0. The van der Waals surface area contributed by atoms with Crippen LogP contribution >= 0.6 is 0 Å². The lowest BCUT2D eigenvalue weighted by Gasteiger charge is -2.06. The van der Waals surface area contributed by atoms with Gasteiger partial charge in [0.15, 0.2) is 6.29 Å². The standard InChI is InChI=1S/C27H21N3O3.CH6N2/c31-15-1-13-29-27(33)22-10-6-20(7-11-22)3-2-19-4-8-21(9-5-19)26-16-23(18-32)24-17-28-14-12-25(24)30-26;1-3-2/h4-12,14,16-18,31H,1,13,15H2,(H,29,33);3H,2H2,1H3. The van der Waals surface area contributed by atoms with Gasteiger partial charge in [-0.1, -0.05) is 24.0 Å². The number of benzene rings is 2. The van der Waals surface area contributed by atoms with E-state index in [1.807, 2.05) is 24.3 Å². The maximum atomic E-state index is 12.0. The highest BCUT2D eigenvalue weighted by atomic mass is 16.3. The summed E-state index contributed by atoms with van der Waals surface area (Å²) in [6, 6.07) is 18.3. The van der Waals surface area contributed by atoms with Crippen LogP contribution in [-0.2, 0) is 0 Å². The molecule has 5 N–H and O–H groups in total. The number of aliphatic hydroxyl groups is 1. The molecule has 8 nitrogen and oxygen atoms in total. The van der Waals surface area contributed by atoms with Gasteiger partial charge in [-0.05, 0) is 62.0 Å². The van der Waals surface area contributed by atoms with E-state index >= 15 is 0 Å². The summed E-state index contributed by atoms with van der Waals surface area (Å²) in [4.78, 5) is 32.2. The number of pyridine rings is 2. The molecule has 0 spiro atoms. The minimum absolute atomic E-state index is 0.0477. The van der Waals surface area contributed by atoms with Crippen molar-refractivity contribution in [2.75, 3.05) is 20.2 Å². The lowest BCUT2D eigenvalue weighted by Crippen LogP contribution is -2.24. The fourth-order valence-electron chi connectivity index (χ4n) is 3.30. The number of rotatable bonds is 6. The Morgan fingerprint density at radius 2 is 1.69 bits per heavy atom. The third kappa shape index (κ3) is 7.04. The van der Waals surface area contributed by atoms with Crippen molar-refractivity contribution in [3.05, 3.63) is 95.3 Å². The first-order valence-corrected chi connectivity index (χ1v) is 11.3. The van der Waals surface area contributed by atoms with Crippen molar-refractivity contribution in [1.82, 2.24) is 20.7 Å². The second kappa shape index (κ2) is 13.5. The quantitative estimate of drug-likeness (QED) is 0.110. The molecule has 1 amide bonds. The molecule has 8 heteroatoms. The van der Waals surface area contributed by atoms with Gasteiger partial charge in [0.2, 0.25) is 0 Å². The number of carbonyl (C=O) groups is 2. The third-order valence-electron chi connectivity index (χ3n) is 5.07. The summed E-state index contributed by atoms with van der Waals surface area (Å²) in [7, 11) is 1.65. The maximum absolute atomic E-state index is 12.0. The predicted octanol–water partition coefficient (Wildman–Crippen LogP) is 2.70. The Balaban J connectivity index is 0.00000115. The zero-order valence-corrected chi connectivity index (χ0v) is 19.9. The number of hydrogen-bond donors (Lipinski definition) is 4. The van der Waals surface area contributed by atoms with Crippen molar-refractivity contribution in [3.8, 4) is 23.1 Å². The van der Waals surface area contributed by atoms with Gasteiger partial charge in [-0.15, -0.1) is 0 Å². The highest BCUT2D eigenvalue weighted by Gasteiger charge is 2.07. The van der Waals surface area contributed by atoms with Crippen LogP contribution in [0.1, 0.15) is 38.3 Å². The summed E-state index contributed by atoms with van der Waals surface area (Å²) in [6.07, 6.45) is 4.65. The third-order valence-corrected chi connectivity index (χ3v) is 5.07. The molecule has 2 aromatic carbocycles. The van der Waals surface area contributed by atoms with Gasteiger partial charge in [0.1, 0.15) is 0 Å². The number of nitrogens with two attached hydrogens (primary N) is 1. The highest BCUT2D eigenvalue weighted by Crippen LogP contribution is 2.23. The molecule has 0 bridgehead atoms. The molecule has 0 atom stereocenters. The second-order valence-electron chi connectivity index (χ2n) is 7.63. The van der Waals surface area contributed by atoms with E-state index in [9.17, 15) is 9.59 Å². The van der Waals surface area contributed by atoms with Gasteiger partial charge in [-0.3, -0.25) is 25.8 Å². The number of nitrogens with one attached hydrogen (secondary N) is 2. The van der Waals surface area contributed by atoms with E-state index in [1.165, 1.54) is 0 Å². The number of aliphatic hydroxyl groups excluding tert-OH is 1. The number of hydrazine groups is 1. The van der Waals surface area contributed by atoms with Crippen molar-refractivity contribution < 1.29 is 14.7 Å². The Hall–Kier alpha value is -4.42. The number of aldehydes is 1. The molecular formula is C28H27N5O3. The SMILES string of the molecule is CNN.O=Cc1cc(-c2ccc(C#Cc3ccc(C(=O)NCCCO)cc3)cc2)nc2ccncc12. The predicted molar refractivity (Wildman–Crippen MR) is 140 cm³/mol. The molecule has 4 rings (SSSR count). The van der Waals surface area contributed by atoms with Gasteiger partial charge in [-0.2, -0.15) is 0 Å². The van der Waals surface area contributed by atoms with Crippen molar-refractivity contribution >= 4 is 23.1 Å². The second-order valence-corrected chi connectivity index (χ2v) is 7.63. The number of aromatic nitrogens is 2. The van der Waals surface area contributed by atoms with Crippen LogP contribution in [0.5, 0.6) is 0 Å². The Kier molecular flexibility index (Phi) is 9.79. The van der Waals surface area contributed by atoms with Crippen LogP contribution in [-0.4, -0.2) is 47.5 Å². The first-order valence-electron chi connectivity index (χ1n) is 11.3. The average molecular weight is 482 g/mol. The summed E-state index contributed by atoms with van der Waals surface area (Å²) in [5, 5.41) is 12.3. The first kappa shape index (κ1) is 26.2. The highest BCUT2D eigenvalue weighted by molar-refractivity contribution is 5.97. The zero-order chi connectivity index (χ0) is 25.8. The van der Waals surface area contributed by atoms with Crippen LogP contribution in [0.25, 0.3) is 22.2 Å². The van der Waals surface area contributed by atoms with Crippen LogP contribution in [0.3, 0.4) is 0 Å². The van der Waals surface area contributed by atoms with Crippen molar-refractivity contribution in [2.24, 2.45) is 5.84 Å². The Bertz CT molecular complexity index is 1370. The van der Waals surface area contributed by atoms with E-state index in [4.69, 9.17) is 5.11 Å². The Morgan fingerprint density at radius 1 is 1.06 bits per heavy atom. The number of amides is 1.